The van der Waals surface area contributed by atoms with Gasteiger partial charge in [-0.05, 0) is 17.5 Å². The fourth-order valence-electron chi connectivity index (χ4n) is 3.20. The fourth-order valence-corrected chi connectivity index (χ4v) is 3.20. The highest BCUT2D eigenvalue weighted by Crippen LogP contribution is 2.34. The number of likely N-dealkylation sites (tertiary alicyclic amines) is 1. The minimum atomic E-state index is -0.889. The summed E-state index contributed by atoms with van der Waals surface area (Å²) < 4.78 is 6.10. The van der Waals surface area contributed by atoms with Crippen molar-refractivity contribution in [3.8, 4) is 5.75 Å². The molecule has 1 amide bonds. The standard InChI is InChI=1S/C18H28N6O3/c1-18(2,3)14-10-13(7-8-24(14)17(25)26)27-12-6-4-5-11(9-12)22-16(21)23-15(19)20/h4-6,9,13-14H,7-8,10H2,1-3H3,(H,25,26)(H6,19,20,21,22,23). The first-order valence-corrected chi connectivity index (χ1v) is 8.76. The molecule has 1 aliphatic rings. The predicted molar refractivity (Wildman–Crippen MR) is 105 cm³/mol. The summed E-state index contributed by atoms with van der Waals surface area (Å²) in [5, 5.41) is 9.46. The lowest BCUT2D eigenvalue weighted by Gasteiger charge is -2.44. The van der Waals surface area contributed by atoms with Crippen molar-refractivity contribution in [2.45, 2.75) is 45.8 Å². The van der Waals surface area contributed by atoms with E-state index in [1.807, 2.05) is 26.8 Å². The Hall–Kier alpha value is -2.97. The molecule has 27 heavy (non-hydrogen) atoms. The number of hydrogen-bond donors (Lipinski definition) is 4. The zero-order valence-corrected chi connectivity index (χ0v) is 15.9. The number of amides is 1. The van der Waals surface area contributed by atoms with E-state index in [1.54, 1.807) is 18.2 Å². The SMILES string of the molecule is CC(C)(C)C1CC(Oc2cccc(N=C(N)N=C(N)N)c2)CCN1C(=O)O. The van der Waals surface area contributed by atoms with Gasteiger partial charge in [0, 0.05) is 31.5 Å². The van der Waals surface area contributed by atoms with Crippen LogP contribution in [0.3, 0.4) is 0 Å². The van der Waals surface area contributed by atoms with Gasteiger partial charge in [0.2, 0.25) is 5.96 Å². The van der Waals surface area contributed by atoms with E-state index in [-0.39, 0.29) is 29.5 Å². The minimum absolute atomic E-state index is 0.0466. The van der Waals surface area contributed by atoms with Crippen molar-refractivity contribution in [1.29, 1.82) is 0 Å². The van der Waals surface area contributed by atoms with Crippen LogP contribution in [0.25, 0.3) is 0 Å². The molecule has 9 nitrogen and oxygen atoms in total. The molecule has 0 saturated carbocycles. The zero-order chi connectivity index (χ0) is 20.2. The van der Waals surface area contributed by atoms with E-state index in [2.05, 4.69) is 9.98 Å². The Morgan fingerprint density at radius 2 is 2.00 bits per heavy atom. The average molecular weight is 376 g/mol. The van der Waals surface area contributed by atoms with Crippen molar-refractivity contribution in [2.24, 2.45) is 32.6 Å². The summed E-state index contributed by atoms with van der Waals surface area (Å²) in [5.74, 6) is 0.423. The van der Waals surface area contributed by atoms with E-state index < -0.39 is 6.09 Å². The number of nitrogens with two attached hydrogens (primary N) is 3. The molecule has 1 fully saturated rings. The number of aliphatic imine (C=N–C) groups is 2. The number of hydrogen-bond acceptors (Lipinski definition) is 3. The van der Waals surface area contributed by atoms with Gasteiger partial charge in [-0.1, -0.05) is 26.8 Å². The zero-order valence-electron chi connectivity index (χ0n) is 15.9. The molecule has 0 aliphatic carbocycles. The molecule has 0 radical (unpaired) electrons. The third-order valence-electron chi connectivity index (χ3n) is 4.41. The number of carboxylic acid groups (broad SMARTS) is 1. The molecule has 1 aliphatic heterocycles. The molecule has 1 aromatic rings. The molecule has 148 valence electrons. The second-order valence-corrected chi connectivity index (χ2v) is 7.63. The smallest absolute Gasteiger partial charge is 0.407 e. The van der Waals surface area contributed by atoms with Gasteiger partial charge < -0.3 is 31.9 Å². The summed E-state index contributed by atoms with van der Waals surface area (Å²) in [6, 6.07) is 7.00. The van der Waals surface area contributed by atoms with Gasteiger partial charge in [-0.25, -0.2) is 9.79 Å². The van der Waals surface area contributed by atoms with E-state index >= 15 is 0 Å². The van der Waals surface area contributed by atoms with Crippen LogP contribution in [0.4, 0.5) is 10.5 Å². The Bertz CT molecular complexity index is 737. The summed E-state index contributed by atoms with van der Waals surface area (Å²) >= 11 is 0. The number of nitrogens with zero attached hydrogens (tertiary/aromatic N) is 3. The molecule has 1 aromatic carbocycles. The van der Waals surface area contributed by atoms with Crippen molar-refractivity contribution in [3.05, 3.63) is 24.3 Å². The summed E-state index contributed by atoms with van der Waals surface area (Å²) in [7, 11) is 0. The maximum atomic E-state index is 11.5. The molecule has 0 aromatic heterocycles. The Morgan fingerprint density at radius 3 is 2.59 bits per heavy atom. The van der Waals surface area contributed by atoms with Crippen LogP contribution in [0.2, 0.25) is 0 Å². The molecule has 9 heteroatoms. The largest absolute Gasteiger partial charge is 0.490 e. The van der Waals surface area contributed by atoms with E-state index in [4.69, 9.17) is 21.9 Å². The van der Waals surface area contributed by atoms with Gasteiger partial charge in [0.15, 0.2) is 5.96 Å². The van der Waals surface area contributed by atoms with Gasteiger partial charge in [0.25, 0.3) is 0 Å². The average Bonchev–Trinajstić information content (AvgIpc) is 2.53. The molecule has 1 saturated heterocycles. The van der Waals surface area contributed by atoms with E-state index in [0.717, 1.165) is 0 Å². The molecule has 0 spiro atoms. The molecule has 1 heterocycles. The Labute approximate surface area is 158 Å². The van der Waals surface area contributed by atoms with E-state index in [9.17, 15) is 9.90 Å². The first-order chi connectivity index (χ1) is 12.6. The highest BCUT2D eigenvalue weighted by Gasteiger charge is 2.39. The highest BCUT2D eigenvalue weighted by molar-refractivity contribution is 5.93. The second kappa shape index (κ2) is 8.15. The lowest BCUT2D eigenvalue weighted by atomic mass is 9.80. The molecular weight excluding hydrogens is 348 g/mol. The maximum Gasteiger partial charge on any atom is 0.407 e. The number of carbonyl (C=O) groups is 1. The van der Waals surface area contributed by atoms with Crippen LogP contribution in [0, 0.1) is 5.41 Å². The fraction of sp³-hybridized carbons (Fsp3) is 0.500. The number of benzene rings is 1. The summed E-state index contributed by atoms with van der Waals surface area (Å²) in [5.41, 5.74) is 16.6. The van der Waals surface area contributed by atoms with Crippen molar-refractivity contribution in [1.82, 2.24) is 4.90 Å². The van der Waals surface area contributed by atoms with Crippen LogP contribution >= 0.6 is 0 Å². The van der Waals surface area contributed by atoms with Crippen molar-refractivity contribution < 1.29 is 14.6 Å². The van der Waals surface area contributed by atoms with Gasteiger partial charge in [-0.2, -0.15) is 4.99 Å². The van der Waals surface area contributed by atoms with Gasteiger partial charge in [0.1, 0.15) is 11.9 Å². The highest BCUT2D eigenvalue weighted by atomic mass is 16.5. The molecular formula is C18H28N6O3. The molecule has 2 atom stereocenters. The van der Waals surface area contributed by atoms with Crippen LogP contribution in [-0.4, -0.2) is 46.7 Å². The Morgan fingerprint density at radius 1 is 1.30 bits per heavy atom. The normalized spacial score (nSPS) is 20.9. The van der Waals surface area contributed by atoms with Crippen molar-refractivity contribution in [3.63, 3.8) is 0 Å². The number of piperidine rings is 1. The minimum Gasteiger partial charge on any atom is -0.490 e. The Kier molecular flexibility index (Phi) is 6.14. The van der Waals surface area contributed by atoms with Crippen LogP contribution in [0.1, 0.15) is 33.6 Å². The Balaban J connectivity index is 2.12. The van der Waals surface area contributed by atoms with Crippen LogP contribution < -0.4 is 21.9 Å². The summed E-state index contributed by atoms with van der Waals surface area (Å²) in [4.78, 5) is 20.8. The maximum absolute atomic E-state index is 11.5. The van der Waals surface area contributed by atoms with Crippen molar-refractivity contribution in [2.75, 3.05) is 6.54 Å². The second-order valence-electron chi connectivity index (χ2n) is 7.63. The van der Waals surface area contributed by atoms with Crippen LogP contribution in [0.5, 0.6) is 5.75 Å². The van der Waals surface area contributed by atoms with E-state index in [0.29, 0.717) is 30.8 Å². The third-order valence-corrected chi connectivity index (χ3v) is 4.41. The summed E-state index contributed by atoms with van der Waals surface area (Å²) in [6.07, 6.45) is 0.279. The van der Waals surface area contributed by atoms with Gasteiger partial charge in [0.05, 0.1) is 5.69 Å². The lowest BCUT2D eigenvalue weighted by Crippen LogP contribution is -2.53. The van der Waals surface area contributed by atoms with Gasteiger partial charge in [-0.15, -0.1) is 0 Å². The van der Waals surface area contributed by atoms with Gasteiger partial charge >= 0.3 is 6.09 Å². The van der Waals surface area contributed by atoms with Crippen molar-refractivity contribution >= 4 is 23.7 Å². The first kappa shape index (κ1) is 20.3. The number of guanidine groups is 2. The molecule has 7 N–H and O–H groups in total. The molecule has 2 rings (SSSR count). The lowest BCUT2D eigenvalue weighted by molar-refractivity contribution is 0.0130. The summed E-state index contributed by atoms with van der Waals surface area (Å²) in [6.45, 7) is 6.56. The monoisotopic (exact) mass is 376 g/mol. The first-order valence-electron chi connectivity index (χ1n) is 8.76. The predicted octanol–water partition coefficient (Wildman–Crippen LogP) is 1.84. The van der Waals surface area contributed by atoms with Crippen LogP contribution in [0.15, 0.2) is 34.3 Å². The molecule has 2 unspecified atom stereocenters. The van der Waals surface area contributed by atoms with Crippen LogP contribution in [-0.2, 0) is 0 Å². The number of rotatable bonds is 3. The van der Waals surface area contributed by atoms with Gasteiger partial charge in [-0.3, -0.25) is 0 Å². The quantitative estimate of drug-likeness (QED) is 0.466. The van der Waals surface area contributed by atoms with E-state index in [1.165, 1.54) is 4.90 Å². The molecule has 0 bridgehead atoms. The number of ether oxygens (including phenoxy) is 1. The third kappa shape index (κ3) is 5.77. The topological polar surface area (TPSA) is 153 Å².